The monoisotopic (exact) mass is 420 g/mol. The summed E-state index contributed by atoms with van der Waals surface area (Å²) < 4.78 is 45.6. The largest absolute Gasteiger partial charge is 0.492 e. The Morgan fingerprint density at radius 1 is 1.03 bits per heavy atom. The highest BCUT2D eigenvalue weighted by atomic mass is 32.2. The summed E-state index contributed by atoms with van der Waals surface area (Å²) in [5, 5.41) is 0. The van der Waals surface area contributed by atoms with Crippen molar-refractivity contribution < 1.29 is 22.6 Å². The Labute approximate surface area is 172 Å². The van der Waals surface area contributed by atoms with Crippen LogP contribution in [0.2, 0.25) is 0 Å². The van der Waals surface area contributed by atoms with Crippen molar-refractivity contribution in [3.63, 3.8) is 0 Å². The van der Waals surface area contributed by atoms with Gasteiger partial charge < -0.3 is 19.1 Å². The van der Waals surface area contributed by atoms with Crippen molar-refractivity contribution in [1.29, 1.82) is 0 Å². The number of sulfonamides is 1. The van der Waals surface area contributed by atoms with Gasteiger partial charge in [-0.2, -0.15) is 0 Å². The van der Waals surface area contributed by atoms with Crippen LogP contribution in [0, 0.1) is 6.92 Å². The van der Waals surface area contributed by atoms with Gasteiger partial charge in [-0.15, -0.1) is 0 Å². The Hall–Kier alpha value is -2.45. The van der Waals surface area contributed by atoms with Gasteiger partial charge in [-0.25, -0.2) is 8.42 Å². The van der Waals surface area contributed by atoms with Gasteiger partial charge in [0, 0.05) is 25.2 Å². The molecule has 0 radical (unpaired) electrons. The molecule has 2 aromatic carbocycles. The zero-order valence-corrected chi connectivity index (χ0v) is 17.9. The third kappa shape index (κ3) is 5.13. The van der Waals surface area contributed by atoms with Gasteiger partial charge in [0.2, 0.25) is 0 Å². The minimum atomic E-state index is -3.77. The van der Waals surface area contributed by atoms with E-state index in [-0.39, 0.29) is 4.90 Å². The topological polar surface area (TPSA) is 77.1 Å². The zero-order valence-electron chi connectivity index (χ0n) is 17.1. The maximum absolute atomic E-state index is 12.9. The van der Waals surface area contributed by atoms with Gasteiger partial charge in [-0.1, -0.05) is 12.1 Å². The Balaban J connectivity index is 2.01. The fraction of sp³-hybridized carbons (Fsp3) is 0.429. The van der Waals surface area contributed by atoms with E-state index in [9.17, 15) is 8.42 Å². The molecule has 3 rings (SSSR count). The number of anilines is 2. The lowest BCUT2D eigenvalue weighted by molar-refractivity contribution is 0.122. The first-order valence-electron chi connectivity index (χ1n) is 9.80. The molecule has 2 aromatic rings. The fourth-order valence-electron chi connectivity index (χ4n) is 3.21. The van der Waals surface area contributed by atoms with Crippen molar-refractivity contribution in [1.82, 2.24) is 0 Å². The van der Waals surface area contributed by atoms with Crippen LogP contribution in [0.25, 0.3) is 0 Å². The van der Waals surface area contributed by atoms with Crippen LogP contribution in [0.15, 0.2) is 41.3 Å². The van der Waals surface area contributed by atoms with Crippen LogP contribution < -0.4 is 19.1 Å². The molecule has 8 heteroatoms. The van der Waals surface area contributed by atoms with E-state index in [4.69, 9.17) is 14.2 Å². The second-order valence-corrected chi connectivity index (χ2v) is 8.39. The normalized spacial score (nSPS) is 14.5. The number of morpholine rings is 1. The van der Waals surface area contributed by atoms with Crippen LogP contribution in [0.5, 0.6) is 11.5 Å². The van der Waals surface area contributed by atoms with E-state index in [1.165, 1.54) is 0 Å². The molecule has 158 valence electrons. The molecular formula is C21H28N2O5S. The van der Waals surface area contributed by atoms with Crippen LogP contribution in [0.3, 0.4) is 0 Å². The number of aryl methyl sites for hydroxylation is 1. The molecule has 0 spiro atoms. The van der Waals surface area contributed by atoms with E-state index in [1.54, 1.807) is 24.3 Å². The number of nitrogens with one attached hydrogen (secondary N) is 1. The van der Waals surface area contributed by atoms with Crippen LogP contribution in [0.1, 0.15) is 19.4 Å². The average Bonchev–Trinajstić information content (AvgIpc) is 2.70. The van der Waals surface area contributed by atoms with Crippen molar-refractivity contribution in [2.45, 2.75) is 25.7 Å². The summed E-state index contributed by atoms with van der Waals surface area (Å²) in [4.78, 5) is 2.37. The Morgan fingerprint density at radius 3 is 2.38 bits per heavy atom. The molecule has 0 atom stereocenters. The van der Waals surface area contributed by atoms with Crippen molar-refractivity contribution in [2.24, 2.45) is 0 Å². The average molecular weight is 421 g/mol. The second kappa shape index (κ2) is 9.37. The third-order valence-corrected chi connectivity index (χ3v) is 5.92. The molecule has 0 unspecified atom stereocenters. The van der Waals surface area contributed by atoms with E-state index in [2.05, 4.69) is 9.62 Å². The highest BCUT2D eigenvalue weighted by Gasteiger charge is 2.22. The molecule has 1 N–H and O–H groups in total. The smallest absolute Gasteiger partial charge is 0.262 e. The van der Waals surface area contributed by atoms with Gasteiger partial charge in [-0.3, -0.25) is 4.72 Å². The Morgan fingerprint density at radius 2 is 1.72 bits per heavy atom. The first-order valence-corrected chi connectivity index (χ1v) is 11.3. The van der Waals surface area contributed by atoms with Crippen molar-refractivity contribution in [3.05, 3.63) is 42.0 Å². The van der Waals surface area contributed by atoms with Gasteiger partial charge in [0.05, 0.1) is 42.7 Å². The number of ether oxygens (including phenoxy) is 3. The second-order valence-electron chi connectivity index (χ2n) is 6.70. The fourth-order valence-corrected chi connectivity index (χ4v) is 4.38. The molecule has 0 bridgehead atoms. The summed E-state index contributed by atoms with van der Waals surface area (Å²) in [6.07, 6.45) is 0. The van der Waals surface area contributed by atoms with Gasteiger partial charge in [0.1, 0.15) is 11.5 Å². The van der Waals surface area contributed by atoms with Crippen LogP contribution in [0.4, 0.5) is 11.4 Å². The Bertz CT molecular complexity index is 940. The van der Waals surface area contributed by atoms with Crippen molar-refractivity contribution >= 4 is 21.4 Å². The minimum Gasteiger partial charge on any atom is -0.492 e. The molecule has 29 heavy (non-hydrogen) atoms. The predicted molar refractivity (Wildman–Crippen MR) is 114 cm³/mol. The number of benzene rings is 2. The highest BCUT2D eigenvalue weighted by Crippen LogP contribution is 2.40. The molecule has 0 aliphatic carbocycles. The summed E-state index contributed by atoms with van der Waals surface area (Å²) in [6.45, 7) is 9.24. The maximum Gasteiger partial charge on any atom is 0.262 e. The van der Waals surface area contributed by atoms with E-state index in [0.717, 1.165) is 24.3 Å². The SMILES string of the molecule is CCOc1cc(N2CCOCC2)c(OCC)cc1NS(=O)(=O)c1cccc(C)c1. The predicted octanol–water partition coefficient (Wildman–Crippen LogP) is 3.43. The Kier molecular flexibility index (Phi) is 6.87. The molecule has 1 aliphatic rings. The van der Waals surface area contributed by atoms with Gasteiger partial charge in [0.25, 0.3) is 10.0 Å². The van der Waals surface area contributed by atoms with Gasteiger partial charge >= 0.3 is 0 Å². The number of rotatable bonds is 8. The lowest BCUT2D eigenvalue weighted by Crippen LogP contribution is -2.36. The molecule has 1 aliphatic heterocycles. The van der Waals surface area contributed by atoms with Gasteiger partial charge in [-0.05, 0) is 38.5 Å². The maximum atomic E-state index is 12.9. The molecule has 0 saturated carbocycles. The summed E-state index contributed by atoms with van der Waals surface area (Å²) in [6, 6.07) is 10.3. The number of nitrogens with zero attached hydrogens (tertiary/aromatic N) is 1. The summed E-state index contributed by atoms with van der Waals surface area (Å²) >= 11 is 0. The van der Waals surface area contributed by atoms with E-state index >= 15 is 0 Å². The molecule has 1 heterocycles. The first kappa shape index (κ1) is 21.3. The van der Waals surface area contributed by atoms with E-state index < -0.39 is 10.0 Å². The lowest BCUT2D eigenvalue weighted by atomic mass is 10.2. The molecular weight excluding hydrogens is 392 g/mol. The molecule has 1 saturated heterocycles. The lowest BCUT2D eigenvalue weighted by Gasteiger charge is -2.31. The first-order chi connectivity index (χ1) is 13.9. The van der Waals surface area contributed by atoms with Crippen LogP contribution >= 0.6 is 0 Å². The quantitative estimate of drug-likeness (QED) is 0.705. The third-order valence-electron chi connectivity index (χ3n) is 4.56. The summed E-state index contributed by atoms with van der Waals surface area (Å²) in [5.41, 5.74) is 2.10. The molecule has 1 fully saturated rings. The molecule has 0 aromatic heterocycles. The van der Waals surface area contributed by atoms with Crippen molar-refractivity contribution in [2.75, 3.05) is 49.1 Å². The van der Waals surface area contributed by atoms with E-state index in [0.29, 0.717) is 43.6 Å². The molecule has 0 amide bonds. The van der Waals surface area contributed by atoms with Crippen LogP contribution in [-0.2, 0) is 14.8 Å². The standard InChI is InChI=1S/C21H28N2O5S/c1-4-27-20-15-19(23-9-11-26-12-10-23)21(28-5-2)14-18(20)22-29(24,25)17-8-6-7-16(3)13-17/h6-8,13-15,22H,4-5,9-12H2,1-3H3. The number of hydrogen-bond donors (Lipinski definition) is 1. The minimum absolute atomic E-state index is 0.204. The van der Waals surface area contributed by atoms with Gasteiger partial charge in [0.15, 0.2) is 0 Å². The van der Waals surface area contributed by atoms with Crippen LogP contribution in [-0.4, -0.2) is 47.9 Å². The summed E-state index contributed by atoms with van der Waals surface area (Å²) in [7, 11) is -3.77. The highest BCUT2D eigenvalue weighted by molar-refractivity contribution is 7.92. The summed E-state index contributed by atoms with van der Waals surface area (Å²) in [5.74, 6) is 1.08. The van der Waals surface area contributed by atoms with Crippen molar-refractivity contribution in [3.8, 4) is 11.5 Å². The molecule has 7 nitrogen and oxygen atoms in total. The van der Waals surface area contributed by atoms with E-state index in [1.807, 2.05) is 32.9 Å². The number of hydrogen-bond acceptors (Lipinski definition) is 6. The zero-order chi connectivity index (χ0) is 20.9.